The Morgan fingerprint density at radius 3 is 2.71 bits per heavy atom. The molecule has 1 N–H and O–H groups in total. The molecule has 1 nitrogen and oxygen atoms in total. The van der Waals surface area contributed by atoms with Crippen LogP contribution in [0.3, 0.4) is 0 Å². The van der Waals surface area contributed by atoms with Gasteiger partial charge in [-0.1, -0.05) is 24.3 Å². The molecular formula is C6H8O. The van der Waals surface area contributed by atoms with Crippen LogP contribution in [-0.2, 0) is 0 Å². The summed E-state index contributed by atoms with van der Waals surface area (Å²) in [5, 5.41) is 8.75. The quantitative estimate of drug-likeness (QED) is 0.474. The van der Waals surface area contributed by atoms with Gasteiger partial charge in [-0.15, -0.1) is 0 Å². The van der Waals surface area contributed by atoms with E-state index in [1.807, 2.05) is 6.08 Å². The van der Waals surface area contributed by atoms with E-state index >= 15 is 0 Å². The first-order valence-corrected chi connectivity index (χ1v) is 2.33. The first-order chi connectivity index (χ1) is 3.29. The zero-order valence-corrected chi connectivity index (χ0v) is 4.09. The van der Waals surface area contributed by atoms with E-state index in [1.54, 1.807) is 6.08 Å². The highest BCUT2D eigenvalue weighted by Gasteiger charge is 2.05. The molecule has 0 saturated carbocycles. The molecule has 1 heteroatoms. The lowest BCUT2D eigenvalue weighted by Gasteiger charge is -1.91. The molecule has 0 aromatic carbocycles. The summed E-state index contributed by atoms with van der Waals surface area (Å²) in [5.41, 5.74) is 1.02. The molecule has 0 radical (unpaired) electrons. The minimum Gasteiger partial charge on any atom is -0.389 e. The number of hydrogen-bond donors (Lipinski definition) is 1. The van der Waals surface area contributed by atoms with Crippen molar-refractivity contribution in [3.05, 3.63) is 24.3 Å². The van der Waals surface area contributed by atoms with Gasteiger partial charge in [0.05, 0.1) is 6.10 Å². The van der Waals surface area contributed by atoms with Gasteiger partial charge in [0.2, 0.25) is 0 Å². The lowest BCUT2D eigenvalue weighted by atomic mass is 10.2. The predicted molar refractivity (Wildman–Crippen MR) is 28.9 cm³/mol. The standard InChI is InChI=1S/C6H8O/c1-5-2-3-6(7)4-5/h2-3,6-7H,1,4H2. The second-order valence-electron chi connectivity index (χ2n) is 1.79. The summed E-state index contributed by atoms with van der Waals surface area (Å²) in [7, 11) is 0. The van der Waals surface area contributed by atoms with Gasteiger partial charge in [0, 0.05) is 6.42 Å². The molecule has 0 heterocycles. The Kier molecular flexibility index (Phi) is 0.988. The molecule has 0 amide bonds. The molecule has 1 rings (SSSR count). The Labute approximate surface area is 43.0 Å². The van der Waals surface area contributed by atoms with Crippen LogP contribution in [-0.4, -0.2) is 11.2 Å². The predicted octanol–water partition coefficient (Wildman–Crippen LogP) is 0.863. The first-order valence-electron chi connectivity index (χ1n) is 2.33. The minimum absolute atomic E-state index is 0.257. The van der Waals surface area contributed by atoms with Crippen molar-refractivity contribution in [3.63, 3.8) is 0 Å². The van der Waals surface area contributed by atoms with E-state index in [0.29, 0.717) is 0 Å². The van der Waals surface area contributed by atoms with Crippen LogP contribution >= 0.6 is 0 Å². The highest BCUT2D eigenvalue weighted by atomic mass is 16.3. The fraction of sp³-hybridized carbons (Fsp3) is 0.333. The zero-order valence-electron chi connectivity index (χ0n) is 4.09. The smallest absolute Gasteiger partial charge is 0.0764 e. The molecule has 0 saturated heterocycles. The third-order valence-corrected chi connectivity index (χ3v) is 1.03. The van der Waals surface area contributed by atoms with Gasteiger partial charge in [0.1, 0.15) is 0 Å². The maximum Gasteiger partial charge on any atom is 0.0764 e. The van der Waals surface area contributed by atoms with Gasteiger partial charge in [0.25, 0.3) is 0 Å². The van der Waals surface area contributed by atoms with E-state index in [-0.39, 0.29) is 6.10 Å². The average molecular weight is 96.1 g/mol. The second kappa shape index (κ2) is 1.51. The summed E-state index contributed by atoms with van der Waals surface area (Å²) in [5.74, 6) is 0. The molecule has 0 spiro atoms. The van der Waals surface area contributed by atoms with Crippen molar-refractivity contribution in [1.29, 1.82) is 0 Å². The Balaban J connectivity index is 2.58. The van der Waals surface area contributed by atoms with Crippen molar-refractivity contribution >= 4 is 0 Å². The zero-order chi connectivity index (χ0) is 5.28. The maximum absolute atomic E-state index is 8.75. The molecule has 7 heavy (non-hydrogen) atoms. The van der Waals surface area contributed by atoms with E-state index in [0.717, 1.165) is 12.0 Å². The molecule has 0 aliphatic heterocycles. The van der Waals surface area contributed by atoms with Crippen LogP contribution in [0.25, 0.3) is 0 Å². The monoisotopic (exact) mass is 96.1 g/mol. The lowest BCUT2D eigenvalue weighted by molar-refractivity contribution is 0.231. The SMILES string of the molecule is C=C1C=CC(O)C1. The van der Waals surface area contributed by atoms with Gasteiger partial charge >= 0.3 is 0 Å². The molecule has 1 aliphatic carbocycles. The molecule has 0 aromatic rings. The summed E-state index contributed by atoms with van der Waals surface area (Å²) >= 11 is 0. The third kappa shape index (κ3) is 0.904. The summed E-state index contributed by atoms with van der Waals surface area (Å²) in [6.07, 6.45) is 4.07. The minimum atomic E-state index is -0.257. The molecule has 1 unspecified atom stereocenters. The van der Waals surface area contributed by atoms with Crippen LogP contribution in [0.1, 0.15) is 6.42 Å². The molecule has 1 aliphatic rings. The van der Waals surface area contributed by atoms with Crippen LogP contribution in [0.2, 0.25) is 0 Å². The molecule has 1 atom stereocenters. The van der Waals surface area contributed by atoms with Gasteiger partial charge in [-0.2, -0.15) is 0 Å². The number of rotatable bonds is 0. The number of hydrogen-bond acceptors (Lipinski definition) is 1. The topological polar surface area (TPSA) is 20.2 Å². The van der Waals surface area contributed by atoms with Gasteiger partial charge in [0.15, 0.2) is 0 Å². The summed E-state index contributed by atoms with van der Waals surface area (Å²) in [6.45, 7) is 3.66. The van der Waals surface area contributed by atoms with E-state index in [2.05, 4.69) is 6.58 Å². The van der Waals surface area contributed by atoms with Gasteiger partial charge in [-0.3, -0.25) is 0 Å². The average Bonchev–Trinajstić information content (AvgIpc) is 1.87. The summed E-state index contributed by atoms with van der Waals surface area (Å²) < 4.78 is 0. The highest BCUT2D eigenvalue weighted by Crippen LogP contribution is 2.12. The Bertz CT molecular complexity index is 113. The Morgan fingerprint density at radius 1 is 1.86 bits per heavy atom. The van der Waals surface area contributed by atoms with Crippen LogP contribution in [0, 0.1) is 0 Å². The van der Waals surface area contributed by atoms with Crippen molar-refractivity contribution in [2.75, 3.05) is 0 Å². The van der Waals surface area contributed by atoms with Crippen LogP contribution < -0.4 is 0 Å². The molecule has 38 valence electrons. The fourth-order valence-corrected chi connectivity index (χ4v) is 0.652. The number of aliphatic hydroxyl groups excluding tert-OH is 1. The van der Waals surface area contributed by atoms with Gasteiger partial charge in [-0.05, 0) is 0 Å². The van der Waals surface area contributed by atoms with E-state index in [9.17, 15) is 0 Å². The van der Waals surface area contributed by atoms with E-state index in [1.165, 1.54) is 0 Å². The largest absolute Gasteiger partial charge is 0.389 e. The molecular weight excluding hydrogens is 88.1 g/mol. The van der Waals surface area contributed by atoms with Crippen LogP contribution in [0.5, 0.6) is 0 Å². The van der Waals surface area contributed by atoms with Gasteiger partial charge < -0.3 is 5.11 Å². The number of allylic oxidation sites excluding steroid dienone is 1. The number of aliphatic hydroxyl groups is 1. The van der Waals surface area contributed by atoms with Crippen molar-refractivity contribution < 1.29 is 5.11 Å². The van der Waals surface area contributed by atoms with E-state index < -0.39 is 0 Å². The van der Waals surface area contributed by atoms with Gasteiger partial charge in [-0.25, -0.2) is 0 Å². The highest BCUT2D eigenvalue weighted by molar-refractivity contribution is 5.23. The van der Waals surface area contributed by atoms with Crippen molar-refractivity contribution in [2.45, 2.75) is 12.5 Å². The lowest BCUT2D eigenvalue weighted by Crippen LogP contribution is -1.94. The van der Waals surface area contributed by atoms with Crippen LogP contribution in [0.15, 0.2) is 24.3 Å². The van der Waals surface area contributed by atoms with Crippen LogP contribution in [0.4, 0.5) is 0 Å². The normalized spacial score (nSPS) is 29.3. The molecule has 0 fully saturated rings. The third-order valence-electron chi connectivity index (χ3n) is 1.03. The Hall–Kier alpha value is -0.560. The van der Waals surface area contributed by atoms with Crippen molar-refractivity contribution in [1.82, 2.24) is 0 Å². The summed E-state index contributed by atoms with van der Waals surface area (Å²) in [4.78, 5) is 0. The fourth-order valence-electron chi connectivity index (χ4n) is 0.652. The first kappa shape index (κ1) is 4.60. The molecule has 0 aromatic heterocycles. The van der Waals surface area contributed by atoms with Crippen molar-refractivity contribution in [2.24, 2.45) is 0 Å². The summed E-state index contributed by atoms with van der Waals surface area (Å²) in [6, 6.07) is 0. The van der Waals surface area contributed by atoms with Crippen molar-refractivity contribution in [3.8, 4) is 0 Å². The second-order valence-corrected chi connectivity index (χ2v) is 1.79. The van der Waals surface area contributed by atoms with E-state index in [4.69, 9.17) is 5.11 Å². The molecule has 0 bridgehead atoms. The Morgan fingerprint density at radius 2 is 2.57 bits per heavy atom. The maximum atomic E-state index is 8.75.